The van der Waals surface area contributed by atoms with E-state index < -0.39 is 5.97 Å². The molecule has 0 aromatic carbocycles. The number of allylic oxidation sites excluding steroid dienone is 2. The van der Waals surface area contributed by atoms with Gasteiger partial charge in [0.2, 0.25) is 0 Å². The van der Waals surface area contributed by atoms with E-state index in [-0.39, 0.29) is 12.5 Å². The molecule has 1 heterocycles. The highest BCUT2D eigenvalue weighted by Crippen LogP contribution is 2.26. The Labute approximate surface area is 140 Å². The number of rotatable bonds is 12. The van der Waals surface area contributed by atoms with Crippen LogP contribution in [0, 0.1) is 11.8 Å². The molecule has 3 atom stereocenters. The van der Waals surface area contributed by atoms with E-state index >= 15 is 0 Å². The number of carboxylic acid groups (broad SMARTS) is 1. The number of aliphatic carboxylic acids is 1. The van der Waals surface area contributed by atoms with Crippen molar-refractivity contribution in [2.45, 2.75) is 64.4 Å². The fourth-order valence-electron chi connectivity index (χ4n) is 2.80. The van der Waals surface area contributed by atoms with Gasteiger partial charge in [-0.3, -0.25) is 4.79 Å². The largest absolute Gasteiger partial charge is 0.481 e. The van der Waals surface area contributed by atoms with Gasteiger partial charge in [0.1, 0.15) is 0 Å². The minimum Gasteiger partial charge on any atom is -0.481 e. The van der Waals surface area contributed by atoms with Crippen molar-refractivity contribution in [3.63, 3.8) is 0 Å². The summed E-state index contributed by atoms with van der Waals surface area (Å²) in [6, 6.07) is 0. The summed E-state index contributed by atoms with van der Waals surface area (Å²) in [4.78, 5) is 10.4. The summed E-state index contributed by atoms with van der Waals surface area (Å²) in [7, 11) is 0. The quantitative estimate of drug-likeness (QED) is 0.421. The first-order valence-corrected chi connectivity index (χ1v) is 8.94. The number of carbonyl (C=O) groups is 1. The molecule has 0 aromatic rings. The molecule has 0 radical (unpaired) electrons. The van der Waals surface area contributed by atoms with Gasteiger partial charge in [0.05, 0.1) is 19.3 Å². The van der Waals surface area contributed by atoms with Crippen LogP contribution < -0.4 is 0 Å². The van der Waals surface area contributed by atoms with E-state index in [2.05, 4.69) is 25.2 Å². The van der Waals surface area contributed by atoms with Gasteiger partial charge in [-0.25, -0.2) is 0 Å². The Morgan fingerprint density at radius 1 is 1.26 bits per heavy atom. The summed E-state index contributed by atoms with van der Waals surface area (Å²) in [5, 5.41) is 18.5. The number of aliphatic hydroxyl groups is 1. The predicted molar refractivity (Wildman–Crippen MR) is 92.3 cm³/mol. The van der Waals surface area contributed by atoms with Gasteiger partial charge in [0.15, 0.2) is 0 Å². The SMILES string of the molecule is CCCCCC(O)C=C[C@H]1COC[C@@H]1CC=CCCCC(=O)O. The minimum atomic E-state index is -0.731. The Kier molecular flexibility index (Phi) is 10.7. The van der Waals surface area contributed by atoms with Crippen LogP contribution in [0.15, 0.2) is 24.3 Å². The molecule has 23 heavy (non-hydrogen) atoms. The highest BCUT2D eigenvalue weighted by molar-refractivity contribution is 5.66. The maximum absolute atomic E-state index is 10.4. The standard InChI is InChI=1S/C19H32O4/c1-2-3-6-10-18(20)13-12-17-15-23-14-16(17)9-7-4-5-8-11-19(21)22/h4,7,12-13,16-18,20H,2-3,5-6,8-11,14-15H2,1H3,(H,21,22)/t16-,17-,18?/m0/s1. The molecule has 0 spiro atoms. The molecule has 4 nitrogen and oxygen atoms in total. The van der Waals surface area contributed by atoms with E-state index in [1.165, 1.54) is 12.8 Å². The molecule has 132 valence electrons. The Balaban J connectivity index is 2.24. The average Bonchev–Trinajstić information content (AvgIpc) is 2.96. The minimum absolute atomic E-state index is 0.234. The van der Waals surface area contributed by atoms with Crippen molar-refractivity contribution in [1.82, 2.24) is 0 Å². The van der Waals surface area contributed by atoms with Crippen LogP contribution in [0.2, 0.25) is 0 Å². The second-order valence-electron chi connectivity index (χ2n) is 6.40. The van der Waals surface area contributed by atoms with Crippen molar-refractivity contribution >= 4 is 5.97 Å². The Bertz CT molecular complexity index is 376. The van der Waals surface area contributed by atoms with E-state index in [1.807, 2.05) is 6.08 Å². The van der Waals surface area contributed by atoms with Gasteiger partial charge in [-0.05, 0) is 31.6 Å². The summed E-state index contributed by atoms with van der Waals surface area (Å²) >= 11 is 0. The topological polar surface area (TPSA) is 66.8 Å². The van der Waals surface area contributed by atoms with Crippen molar-refractivity contribution in [3.8, 4) is 0 Å². The van der Waals surface area contributed by atoms with Gasteiger partial charge in [-0.2, -0.15) is 0 Å². The van der Waals surface area contributed by atoms with Crippen LogP contribution in [0.25, 0.3) is 0 Å². The van der Waals surface area contributed by atoms with E-state index in [1.54, 1.807) is 0 Å². The molecule has 0 aromatic heterocycles. The van der Waals surface area contributed by atoms with Gasteiger partial charge in [-0.1, -0.05) is 50.5 Å². The van der Waals surface area contributed by atoms with E-state index in [4.69, 9.17) is 9.84 Å². The summed E-state index contributed by atoms with van der Waals surface area (Å²) in [5.74, 6) is 0.106. The molecule has 0 aliphatic carbocycles. The van der Waals surface area contributed by atoms with E-state index in [0.717, 1.165) is 38.9 Å². The lowest BCUT2D eigenvalue weighted by Crippen LogP contribution is -2.10. The van der Waals surface area contributed by atoms with Gasteiger partial charge in [0, 0.05) is 12.3 Å². The first kappa shape index (κ1) is 19.9. The molecule has 0 saturated carbocycles. The summed E-state index contributed by atoms with van der Waals surface area (Å²) in [6.45, 7) is 3.66. The van der Waals surface area contributed by atoms with Gasteiger partial charge >= 0.3 is 5.97 Å². The molecule has 1 unspecified atom stereocenters. The molecule has 1 aliphatic heterocycles. The highest BCUT2D eigenvalue weighted by Gasteiger charge is 2.24. The zero-order valence-electron chi connectivity index (χ0n) is 14.3. The number of carboxylic acids is 1. The molecule has 0 amide bonds. The molecule has 0 bridgehead atoms. The highest BCUT2D eigenvalue weighted by atomic mass is 16.5. The molecule has 1 fully saturated rings. The number of unbranched alkanes of at least 4 members (excludes halogenated alkanes) is 3. The Hall–Kier alpha value is -1.13. The van der Waals surface area contributed by atoms with Crippen molar-refractivity contribution in [3.05, 3.63) is 24.3 Å². The number of hydrogen-bond acceptors (Lipinski definition) is 3. The lowest BCUT2D eigenvalue weighted by molar-refractivity contribution is -0.137. The van der Waals surface area contributed by atoms with Crippen LogP contribution in [0.4, 0.5) is 0 Å². The molecule has 1 aliphatic rings. The number of aliphatic hydroxyl groups excluding tert-OH is 1. The van der Waals surface area contributed by atoms with Crippen LogP contribution in [0.3, 0.4) is 0 Å². The zero-order valence-corrected chi connectivity index (χ0v) is 14.3. The van der Waals surface area contributed by atoms with Crippen LogP contribution in [0.1, 0.15) is 58.3 Å². The van der Waals surface area contributed by atoms with Crippen molar-refractivity contribution in [1.29, 1.82) is 0 Å². The molecular weight excluding hydrogens is 292 g/mol. The second kappa shape index (κ2) is 12.3. The third-order valence-electron chi connectivity index (χ3n) is 4.30. The smallest absolute Gasteiger partial charge is 0.303 e. The Morgan fingerprint density at radius 3 is 2.83 bits per heavy atom. The van der Waals surface area contributed by atoms with Crippen LogP contribution in [0.5, 0.6) is 0 Å². The molecule has 2 N–H and O–H groups in total. The third kappa shape index (κ3) is 9.57. The Morgan fingerprint density at radius 2 is 2.09 bits per heavy atom. The predicted octanol–water partition coefficient (Wildman–Crippen LogP) is 3.95. The van der Waals surface area contributed by atoms with Crippen molar-refractivity contribution in [2.75, 3.05) is 13.2 Å². The molecular formula is C19H32O4. The summed E-state index contributed by atoms with van der Waals surface area (Å²) < 4.78 is 5.57. The van der Waals surface area contributed by atoms with Crippen LogP contribution >= 0.6 is 0 Å². The first-order valence-electron chi connectivity index (χ1n) is 8.94. The monoisotopic (exact) mass is 324 g/mol. The third-order valence-corrected chi connectivity index (χ3v) is 4.30. The fraction of sp³-hybridized carbons (Fsp3) is 0.737. The molecule has 1 saturated heterocycles. The average molecular weight is 324 g/mol. The number of hydrogen-bond donors (Lipinski definition) is 2. The first-order chi connectivity index (χ1) is 11.1. The summed E-state index contributed by atoms with van der Waals surface area (Å²) in [6.07, 6.45) is 14.9. The fourth-order valence-corrected chi connectivity index (χ4v) is 2.80. The maximum Gasteiger partial charge on any atom is 0.303 e. The molecule has 4 heteroatoms. The van der Waals surface area contributed by atoms with Gasteiger partial charge in [0.25, 0.3) is 0 Å². The van der Waals surface area contributed by atoms with Crippen molar-refractivity contribution < 1.29 is 19.7 Å². The lowest BCUT2D eigenvalue weighted by Gasteiger charge is -2.12. The van der Waals surface area contributed by atoms with E-state index in [0.29, 0.717) is 18.3 Å². The van der Waals surface area contributed by atoms with Gasteiger partial charge in [-0.15, -0.1) is 0 Å². The van der Waals surface area contributed by atoms with E-state index in [9.17, 15) is 9.90 Å². The van der Waals surface area contributed by atoms with Gasteiger partial charge < -0.3 is 14.9 Å². The maximum atomic E-state index is 10.4. The lowest BCUT2D eigenvalue weighted by atomic mass is 9.91. The van der Waals surface area contributed by atoms with Crippen molar-refractivity contribution in [2.24, 2.45) is 11.8 Å². The number of ether oxygens (including phenoxy) is 1. The second-order valence-corrected chi connectivity index (χ2v) is 6.40. The normalized spacial score (nSPS) is 23.0. The summed E-state index contributed by atoms with van der Waals surface area (Å²) in [5.41, 5.74) is 0. The van der Waals surface area contributed by atoms with Crippen LogP contribution in [-0.4, -0.2) is 35.5 Å². The zero-order chi connectivity index (χ0) is 16.9. The van der Waals surface area contributed by atoms with Crippen LogP contribution in [-0.2, 0) is 9.53 Å². The molecule has 1 rings (SSSR count).